The van der Waals surface area contributed by atoms with Crippen molar-refractivity contribution in [2.45, 2.75) is 117 Å². The van der Waals surface area contributed by atoms with Gasteiger partial charge in [-0.25, -0.2) is 0 Å². The Bertz CT molecular complexity index is 226. The van der Waals surface area contributed by atoms with Gasteiger partial charge >= 0.3 is 5.97 Å². The van der Waals surface area contributed by atoms with Crippen LogP contribution in [-0.4, -0.2) is 12.1 Å². The van der Waals surface area contributed by atoms with E-state index in [1.807, 2.05) is 0 Å². The van der Waals surface area contributed by atoms with Crippen LogP contribution in [0.2, 0.25) is 0 Å². The van der Waals surface area contributed by atoms with Crippen molar-refractivity contribution >= 4 is 5.97 Å². The smallest absolute Gasteiger partial charge is 0.302 e. The zero-order chi connectivity index (χ0) is 15.8. The van der Waals surface area contributed by atoms with Gasteiger partial charge in [0.15, 0.2) is 0 Å². The molecule has 21 heavy (non-hydrogen) atoms. The van der Waals surface area contributed by atoms with Gasteiger partial charge in [-0.05, 0) is 25.7 Å². The fraction of sp³-hybridized carbons (Fsp3) is 0.947. The first-order valence-corrected chi connectivity index (χ1v) is 9.37. The van der Waals surface area contributed by atoms with Gasteiger partial charge in [0.2, 0.25) is 0 Å². The highest BCUT2D eigenvalue weighted by Gasteiger charge is 2.11. The highest BCUT2D eigenvalue weighted by atomic mass is 16.5. The van der Waals surface area contributed by atoms with Gasteiger partial charge in [0.1, 0.15) is 6.10 Å². The average Bonchev–Trinajstić information content (AvgIpc) is 2.45. The van der Waals surface area contributed by atoms with E-state index in [2.05, 4.69) is 13.8 Å². The Hall–Kier alpha value is -0.530. The maximum absolute atomic E-state index is 11.2. The van der Waals surface area contributed by atoms with Crippen LogP contribution in [0.5, 0.6) is 0 Å². The molecule has 0 saturated heterocycles. The van der Waals surface area contributed by atoms with E-state index in [1.54, 1.807) is 0 Å². The summed E-state index contributed by atoms with van der Waals surface area (Å²) in [6, 6.07) is 0. The lowest BCUT2D eigenvalue weighted by Gasteiger charge is -2.17. The van der Waals surface area contributed by atoms with E-state index in [0.29, 0.717) is 0 Å². The minimum absolute atomic E-state index is 0.116. The third kappa shape index (κ3) is 15.7. The SMILES string of the molecule is CCCCCCCCCCC(CCCCCC)OC(C)=O. The molecule has 0 aromatic heterocycles. The minimum atomic E-state index is -0.116. The van der Waals surface area contributed by atoms with Crippen LogP contribution in [-0.2, 0) is 9.53 Å². The molecular weight excluding hydrogens is 260 g/mol. The van der Waals surface area contributed by atoms with Gasteiger partial charge < -0.3 is 4.74 Å². The van der Waals surface area contributed by atoms with Gasteiger partial charge in [0.25, 0.3) is 0 Å². The van der Waals surface area contributed by atoms with E-state index >= 15 is 0 Å². The van der Waals surface area contributed by atoms with E-state index in [9.17, 15) is 4.79 Å². The Labute approximate surface area is 133 Å². The Morgan fingerprint density at radius 1 is 0.714 bits per heavy atom. The standard InChI is InChI=1S/C19H38O2/c1-4-6-8-10-11-12-13-15-17-19(21-18(3)20)16-14-9-7-5-2/h19H,4-17H2,1-3H3. The minimum Gasteiger partial charge on any atom is -0.463 e. The third-order valence-electron chi connectivity index (χ3n) is 4.09. The molecule has 0 heterocycles. The number of hydrogen-bond acceptors (Lipinski definition) is 2. The number of ether oxygens (including phenoxy) is 1. The zero-order valence-electron chi connectivity index (χ0n) is 14.8. The molecule has 0 amide bonds. The molecule has 0 N–H and O–H groups in total. The summed E-state index contributed by atoms with van der Waals surface area (Å²) >= 11 is 0. The molecule has 1 atom stereocenters. The quantitative estimate of drug-likeness (QED) is 0.257. The van der Waals surface area contributed by atoms with Gasteiger partial charge in [0.05, 0.1) is 0 Å². The van der Waals surface area contributed by atoms with E-state index in [1.165, 1.54) is 84.0 Å². The molecule has 0 aliphatic rings. The van der Waals surface area contributed by atoms with Crippen molar-refractivity contribution in [3.05, 3.63) is 0 Å². The topological polar surface area (TPSA) is 26.3 Å². The summed E-state index contributed by atoms with van der Waals surface area (Å²) in [5, 5.41) is 0. The number of carbonyl (C=O) groups excluding carboxylic acids is 1. The van der Waals surface area contributed by atoms with Crippen LogP contribution in [0.25, 0.3) is 0 Å². The van der Waals surface area contributed by atoms with E-state index in [-0.39, 0.29) is 12.1 Å². The van der Waals surface area contributed by atoms with E-state index < -0.39 is 0 Å². The molecule has 0 aromatic rings. The Morgan fingerprint density at radius 2 is 1.10 bits per heavy atom. The number of hydrogen-bond donors (Lipinski definition) is 0. The predicted octanol–water partition coefficient (Wildman–Crippen LogP) is 6.42. The second-order valence-electron chi connectivity index (χ2n) is 6.34. The zero-order valence-corrected chi connectivity index (χ0v) is 14.8. The van der Waals surface area contributed by atoms with E-state index in [4.69, 9.17) is 4.74 Å². The molecular formula is C19H38O2. The largest absolute Gasteiger partial charge is 0.463 e. The molecule has 0 aliphatic heterocycles. The first-order chi connectivity index (χ1) is 10.2. The van der Waals surface area contributed by atoms with Crippen molar-refractivity contribution in [3.63, 3.8) is 0 Å². The molecule has 0 aliphatic carbocycles. The fourth-order valence-electron chi connectivity index (χ4n) is 2.80. The molecule has 0 aromatic carbocycles. The highest BCUT2D eigenvalue weighted by Crippen LogP contribution is 2.16. The van der Waals surface area contributed by atoms with Crippen molar-refractivity contribution < 1.29 is 9.53 Å². The van der Waals surface area contributed by atoms with Gasteiger partial charge in [0, 0.05) is 6.92 Å². The summed E-state index contributed by atoms with van der Waals surface area (Å²) in [6.45, 7) is 6.02. The van der Waals surface area contributed by atoms with Crippen molar-refractivity contribution in [1.82, 2.24) is 0 Å². The lowest BCUT2D eigenvalue weighted by Crippen LogP contribution is -2.16. The summed E-state index contributed by atoms with van der Waals surface area (Å²) in [6.07, 6.45) is 18.0. The number of rotatable bonds is 15. The number of esters is 1. The molecule has 0 radical (unpaired) electrons. The van der Waals surface area contributed by atoms with Crippen LogP contribution < -0.4 is 0 Å². The van der Waals surface area contributed by atoms with Crippen LogP contribution in [0, 0.1) is 0 Å². The molecule has 0 saturated carbocycles. The van der Waals surface area contributed by atoms with Crippen LogP contribution in [0.3, 0.4) is 0 Å². The first kappa shape index (κ1) is 20.5. The Balaban J connectivity index is 3.58. The van der Waals surface area contributed by atoms with E-state index in [0.717, 1.165) is 12.8 Å². The fourth-order valence-corrected chi connectivity index (χ4v) is 2.80. The summed E-state index contributed by atoms with van der Waals surface area (Å²) < 4.78 is 5.45. The Kier molecular flexibility index (Phi) is 15.5. The maximum atomic E-state index is 11.2. The first-order valence-electron chi connectivity index (χ1n) is 9.37. The second kappa shape index (κ2) is 15.9. The molecule has 126 valence electrons. The summed E-state index contributed by atoms with van der Waals surface area (Å²) in [5.74, 6) is -0.116. The van der Waals surface area contributed by atoms with Crippen molar-refractivity contribution in [2.24, 2.45) is 0 Å². The third-order valence-corrected chi connectivity index (χ3v) is 4.09. The van der Waals surface area contributed by atoms with Gasteiger partial charge in [-0.2, -0.15) is 0 Å². The maximum Gasteiger partial charge on any atom is 0.302 e. The van der Waals surface area contributed by atoms with Crippen molar-refractivity contribution in [3.8, 4) is 0 Å². The lowest BCUT2D eigenvalue weighted by atomic mass is 10.0. The highest BCUT2D eigenvalue weighted by molar-refractivity contribution is 5.66. The van der Waals surface area contributed by atoms with Crippen LogP contribution in [0.15, 0.2) is 0 Å². The summed E-state index contributed by atoms with van der Waals surface area (Å²) in [5.41, 5.74) is 0. The predicted molar refractivity (Wildman–Crippen MR) is 91.5 cm³/mol. The molecule has 2 nitrogen and oxygen atoms in total. The number of unbranched alkanes of at least 4 members (excludes halogenated alkanes) is 10. The molecule has 1 unspecified atom stereocenters. The van der Waals surface area contributed by atoms with Crippen molar-refractivity contribution in [2.75, 3.05) is 0 Å². The van der Waals surface area contributed by atoms with Gasteiger partial charge in [-0.3, -0.25) is 4.79 Å². The normalized spacial score (nSPS) is 12.3. The molecule has 0 spiro atoms. The summed E-state index contributed by atoms with van der Waals surface area (Å²) in [7, 11) is 0. The van der Waals surface area contributed by atoms with Crippen LogP contribution in [0.4, 0.5) is 0 Å². The van der Waals surface area contributed by atoms with Crippen molar-refractivity contribution in [1.29, 1.82) is 0 Å². The van der Waals surface area contributed by atoms with Gasteiger partial charge in [-0.15, -0.1) is 0 Å². The average molecular weight is 299 g/mol. The molecule has 2 heteroatoms. The molecule has 0 fully saturated rings. The second-order valence-corrected chi connectivity index (χ2v) is 6.34. The van der Waals surface area contributed by atoms with Crippen LogP contribution in [0.1, 0.15) is 111 Å². The van der Waals surface area contributed by atoms with Crippen LogP contribution >= 0.6 is 0 Å². The monoisotopic (exact) mass is 298 g/mol. The number of carbonyl (C=O) groups is 1. The Morgan fingerprint density at radius 3 is 1.52 bits per heavy atom. The summed E-state index contributed by atoms with van der Waals surface area (Å²) in [4.78, 5) is 11.2. The lowest BCUT2D eigenvalue weighted by molar-refractivity contribution is -0.147. The molecule has 0 rings (SSSR count). The van der Waals surface area contributed by atoms with Gasteiger partial charge in [-0.1, -0.05) is 78.1 Å². The molecule has 0 bridgehead atoms.